The van der Waals surface area contributed by atoms with Crippen molar-refractivity contribution < 1.29 is 19.1 Å². The van der Waals surface area contributed by atoms with Gasteiger partial charge in [0.2, 0.25) is 0 Å². The van der Waals surface area contributed by atoms with E-state index in [0.717, 1.165) is 38.3 Å². The maximum atomic E-state index is 13.4. The third-order valence-electron chi connectivity index (χ3n) is 6.37. The lowest BCUT2D eigenvalue weighted by molar-refractivity contribution is -0.122. The molecule has 4 rings (SSSR count). The fraction of sp³-hybridized carbons (Fsp3) is 0.233. The molecule has 6 nitrogen and oxygen atoms in total. The van der Waals surface area contributed by atoms with Gasteiger partial charge in [0.1, 0.15) is 11.3 Å². The molecule has 7 heteroatoms. The highest BCUT2D eigenvalue weighted by atomic mass is 35.5. The zero-order valence-corrected chi connectivity index (χ0v) is 22.3. The molecular weight excluding hydrogens is 488 g/mol. The molecule has 190 valence electrons. The van der Waals surface area contributed by atoms with E-state index in [4.69, 9.17) is 16.3 Å². The van der Waals surface area contributed by atoms with Crippen molar-refractivity contribution >= 4 is 41.2 Å². The van der Waals surface area contributed by atoms with Crippen LogP contribution in [0.3, 0.4) is 0 Å². The summed E-state index contributed by atoms with van der Waals surface area (Å²) in [5, 5.41) is 2.74. The van der Waals surface area contributed by atoms with Gasteiger partial charge >= 0.3 is 6.03 Å². The second kappa shape index (κ2) is 10.6. The van der Waals surface area contributed by atoms with Crippen molar-refractivity contribution in [1.29, 1.82) is 0 Å². The Morgan fingerprint density at radius 2 is 1.68 bits per heavy atom. The number of urea groups is 1. The molecule has 1 aliphatic heterocycles. The number of nitrogens with one attached hydrogen (secondary N) is 1. The van der Waals surface area contributed by atoms with Crippen molar-refractivity contribution in [2.45, 2.75) is 41.0 Å². The molecule has 1 fully saturated rings. The molecule has 3 aromatic rings. The molecule has 0 aliphatic carbocycles. The van der Waals surface area contributed by atoms with E-state index < -0.39 is 17.8 Å². The standard InChI is InChI=1S/C30H29ClN2O4/c1-6-37-27-16-22(15-25(31)23(27)13-21-11-17(2)10-18(3)12-21)14-24-28(34)32-30(36)33(29(24)35)26-9-7-8-19(4)20(26)5/h7-12,14-16H,6,13H2,1-5H3,(H,32,34,36)/b24-14+. The number of barbiturate groups is 1. The van der Waals surface area contributed by atoms with Crippen molar-refractivity contribution in [3.63, 3.8) is 0 Å². The van der Waals surface area contributed by atoms with Gasteiger partial charge in [-0.3, -0.25) is 14.9 Å². The van der Waals surface area contributed by atoms with E-state index in [1.165, 1.54) is 6.08 Å². The Hall–Kier alpha value is -3.90. The largest absolute Gasteiger partial charge is 0.494 e. The average Bonchev–Trinajstić information content (AvgIpc) is 2.81. The number of aryl methyl sites for hydroxylation is 3. The zero-order chi connectivity index (χ0) is 26.9. The van der Waals surface area contributed by atoms with Crippen LogP contribution in [-0.4, -0.2) is 24.5 Å². The van der Waals surface area contributed by atoms with Crippen LogP contribution in [0, 0.1) is 27.7 Å². The summed E-state index contributed by atoms with van der Waals surface area (Å²) in [5.41, 5.74) is 6.74. The summed E-state index contributed by atoms with van der Waals surface area (Å²) in [4.78, 5) is 39.7. The first-order valence-electron chi connectivity index (χ1n) is 12.1. The van der Waals surface area contributed by atoms with Crippen LogP contribution in [-0.2, 0) is 16.0 Å². The van der Waals surface area contributed by atoms with Crippen molar-refractivity contribution in [2.75, 3.05) is 11.5 Å². The number of carbonyl (C=O) groups excluding carboxylic acids is 3. The molecule has 1 N–H and O–H groups in total. The predicted octanol–water partition coefficient (Wildman–Crippen LogP) is 6.23. The van der Waals surface area contributed by atoms with Crippen LogP contribution < -0.4 is 15.0 Å². The van der Waals surface area contributed by atoms with E-state index in [-0.39, 0.29) is 5.57 Å². The summed E-state index contributed by atoms with van der Waals surface area (Å²) in [6.07, 6.45) is 2.01. The third kappa shape index (κ3) is 5.44. The van der Waals surface area contributed by atoms with Gasteiger partial charge in [0, 0.05) is 17.0 Å². The van der Waals surface area contributed by atoms with Crippen LogP contribution >= 0.6 is 11.6 Å². The van der Waals surface area contributed by atoms with E-state index in [1.807, 2.05) is 26.8 Å². The summed E-state index contributed by atoms with van der Waals surface area (Å²) < 4.78 is 5.91. The van der Waals surface area contributed by atoms with Crippen molar-refractivity contribution in [2.24, 2.45) is 0 Å². The molecule has 1 saturated heterocycles. The van der Waals surface area contributed by atoms with Gasteiger partial charge in [0.15, 0.2) is 0 Å². The van der Waals surface area contributed by atoms with E-state index in [1.54, 1.807) is 24.3 Å². The first-order chi connectivity index (χ1) is 17.6. The van der Waals surface area contributed by atoms with Crippen molar-refractivity contribution in [3.8, 4) is 5.75 Å². The Bertz CT molecular complexity index is 1440. The molecule has 1 heterocycles. The van der Waals surface area contributed by atoms with Crippen molar-refractivity contribution in [3.05, 3.63) is 98.1 Å². The number of halogens is 1. The second-order valence-corrected chi connectivity index (χ2v) is 9.67. The molecule has 1 aliphatic rings. The Labute approximate surface area is 221 Å². The highest BCUT2D eigenvalue weighted by molar-refractivity contribution is 6.39. The van der Waals surface area contributed by atoms with Gasteiger partial charge in [-0.15, -0.1) is 0 Å². The molecule has 0 unspecified atom stereocenters. The van der Waals surface area contributed by atoms with Crippen LogP contribution in [0.4, 0.5) is 10.5 Å². The smallest absolute Gasteiger partial charge is 0.335 e. The number of imide groups is 2. The number of rotatable bonds is 6. The van der Waals surface area contributed by atoms with E-state index >= 15 is 0 Å². The van der Waals surface area contributed by atoms with Gasteiger partial charge in [-0.2, -0.15) is 0 Å². The van der Waals surface area contributed by atoms with Gasteiger partial charge in [-0.25, -0.2) is 9.69 Å². The molecule has 37 heavy (non-hydrogen) atoms. The van der Waals surface area contributed by atoms with Crippen LogP contribution in [0.15, 0.2) is 54.1 Å². The van der Waals surface area contributed by atoms with Gasteiger partial charge in [0.25, 0.3) is 11.8 Å². The van der Waals surface area contributed by atoms with Crippen LogP contribution in [0.1, 0.15) is 45.9 Å². The molecule has 0 aromatic heterocycles. The van der Waals surface area contributed by atoms with E-state index in [0.29, 0.717) is 35.1 Å². The third-order valence-corrected chi connectivity index (χ3v) is 6.71. The molecule has 0 spiro atoms. The molecular formula is C30H29ClN2O4. The van der Waals surface area contributed by atoms with Gasteiger partial charge in [-0.1, -0.05) is 53.1 Å². The number of ether oxygens (including phenoxy) is 1. The monoisotopic (exact) mass is 516 g/mol. The second-order valence-electron chi connectivity index (χ2n) is 9.26. The van der Waals surface area contributed by atoms with Gasteiger partial charge in [0.05, 0.1) is 12.3 Å². The Morgan fingerprint density at radius 1 is 0.973 bits per heavy atom. The number of amides is 4. The van der Waals surface area contributed by atoms with Crippen LogP contribution in [0.2, 0.25) is 5.02 Å². The zero-order valence-electron chi connectivity index (χ0n) is 21.6. The minimum Gasteiger partial charge on any atom is -0.494 e. The summed E-state index contributed by atoms with van der Waals surface area (Å²) in [6.45, 7) is 10.1. The Kier molecular flexibility index (Phi) is 7.50. The number of benzene rings is 3. The Balaban J connectivity index is 1.74. The van der Waals surface area contributed by atoms with Gasteiger partial charge in [-0.05, 0) is 81.1 Å². The highest BCUT2D eigenvalue weighted by Crippen LogP contribution is 2.33. The maximum Gasteiger partial charge on any atom is 0.335 e. The molecule has 0 atom stereocenters. The maximum absolute atomic E-state index is 13.4. The lowest BCUT2D eigenvalue weighted by Crippen LogP contribution is -2.54. The van der Waals surface area contributed by atoms with E-state index in [2.05, 4.69) is 37.4 Å². The summed E-state index contributed by atoms with van der Waals surface area (Å²) in [7, 11) is 0. The minimum atomic E-state index is -0.780. The van der Waals surface area contributed by atoms with Crippen molar-refractivity contribution in [1.82, 2.24) is 5.32 Å². The first-order valence-corrected chi connectivity index (χ1v) is 12.5. The minimum absolute atomic E-state index is 0.166. The summed E-state index contributed by atoms with van der Waals surface area (Å²) >= 11 is 6.72. The number of hydrogen-bond donors (Lipinski definition) is 1. The topological polar surface area (TPSA) is 75.7 Å². The lowest BCUT2D eigenvalue weighted by Gasteiger charge is -2.28. The average molecular weight is 517 g/mol. The Morgan fingerprint density at radius 3 is 2.35 bits per heavy atom. The number of hydrogen-bond acceptors (Lipinski definition) is 4. The fourth-order valence-corrected chi connectivity index (χ4v) is 4.85. The van der Waals surface area contributed by atoms with Crippen LogP contribution in [0.5, 0.6) is 5.75 Å². The molecule has 4 amide bonds. The molecule has 0 radical (unpaired) electrons. The summed E-state index contributed by atoms with van der Waals surface area (Å²) in [5.74, 6) is -0.882. The molecule has 3 aromatic carbocycles. The van der Waals surface area contributed by atoms with Gasteiger partial charge < -0.3 is 4.74 Å². The fourth-order valence-electron chi connectivity index (χ4n) is 4.57. The number of nitrogens with zero attached hydrogens (tertiary/aromatic N) is 1. The quantitative estimate of drug-likeness (QED) is 0.311. The first kappa shape index (κ1) is 26.2. The predicted molar refractivity (Wildman–Crippen MR) is 146 cm³/mol. The summed E-state index contributed by atoms with van der Waals surface area (Å²) in [6, 6.07) is 14.4. The molecule has 0 saturated carbocycles. The highest BCUT2D eigenvalue weighted by Gasteiger charge is 2.37. The van der Waals surface area contributed by atoms with Crippen LogP contribution in [0.25, 0.3) is 6.08 Å². The molecule has 0 bridgehead atoms. The SMILES string of the molecule is CCOc1cc(/C=C2\C(=O)NC(=O)N(c3cccc(C)c3C)C2=O)cc(Cl)c1Cc1cc(C)cc(C)c1. The number of carbonyl (C=O) groups is 3. The normalized spacial score (nSPS) is 14.8. The van der Waals surface area contributed by atoms with E-state index in [9.17, 15) is 14.4 Å². The lowest BCUT2D eigenvalue weighted by atomic mass is 9.98. The number of anilines is 1.